The van der Waals surface area contributed by atoms with Crippen LogP contribution in [0.1, 0.15) is 23.2 Å². The molecule has 1 fully saturated rings. The van der Waals surface area contributed by atoms with Crippen molar-refractivity contribution in [1.82, 2.24) is 4.90 Å². The first kappa shape index (κ1) is 14.2. The van der Waals surface area contributed by atoms with Crippen molar-refractivity contribution in [3.8, 4) is 5.75 Å². The summed E-state index contributed by atoms with van der Waals surface area (Å²) >= 11 is 0. The Kier molecular flexibility index (Phi) is 4.29. The molecule has 0 spiro atoms. The molecule has 1 N–H and O–H groups in total. The van der Waals surface area contributed by atoms with Crippen molar-refractivity contribution in [3.05, 3.63) is 23.8 Å². The second kappa shape index (κ2) is 6.35. The van der Waals surface area contributed by atoms with Gasteiger partial charge in [-0.3, -0.25) is 4.79 Å². The van der Waals surface area contributed by atoms with Gasteiger partial charge in [-0.05, 0) is 30.9 Å². The summed E-state index contributed by atoms with van der Waals surface area (Å²) in [7, 11) is 1.72. The lowest BCUT2D eigenvalue weighted by atomic mass is 9.98. The summed E-state index contributed by atoms with van der Waals surface area (Å²) in [5.41, 5.74) is 1.58. The predicted molar refractivity (Wildman–Crippen MR) is 80.9 cm³/mol. The largest absolute Gasteiger partial charge is 0.489 e. The summed E-state index contributed by atoms with van der Waals surface area (Å²) in [6, 6.07) is 5.72. The van der Waals surface area contributed by atoms with E-state index in [9.17, 15) is 4.79 Å². The number of para-hydroxylation sites is 1. The van der Waals surface area contributed by atoms with E-state index in [2.05, 4.69) is 5.32 Å². The molecule has 1 aromatic rings. The number of amides is 1. The van der Waals surface area contributed by atoms with E-state index >= 15 is 0 Å². The van der Waals surface area contributed by atoms with Crippen LogP contribution in [0, 0.1) is 5.92 Å². The van der Waals surface area contributed by atoms with Crippen LogP contribution in [0.4, 0.5) is 5.69 Å². The zero-order valence-electron chi connectivity index (χ0n) is 12.4. The van der Waals surface area contributed by atoms with E-state index in [1.54, 1.807) is 7.11 Å². The van der Waals surface area contributed by atoms with Gasteiger partial charge >= 0.3 is 0 Å². The zero-order valence-corrected chi connectivity index (χ0v) is 12.4. The summed E-state index contributed by atoms with van der Waals surface area (Å²) in [5, 5.41) is 3.27. The van der Waals surface area contributed by atoms with E-state index in [4.69, 9.17) is 9.47 Å². The molecule has 2 heterocycles. The molecule has 5 nitrogen and oxygen atoms in total. The van der Waals surface area contributed by atoms with Gasteiger partial charge in [0.2, 0.25) is 0 Å². The molecule has 1 saturated heterocycles. The van der Waals surface area contributed by atoms with Gasteiger partial charge in [0.15, 0.2) is 5.75 Å². The lowest BCUT2D eigenvalue weighted by molar-refractivity contribution is 0.0567. The van der Waals surface area contributed by atoms with E-state index in [0.717, 1.165) is 38.2 Å². The molecule has 0 radical (unpaired) electrons. The lowest BCUT2D eigenvalue weighted by Crippen LogP contribution is -2.41. The van der Waals surface area contributed by atoms with Crippen molar-refractivity contribution in [1.29, 1.82) is 0 Å². The molecule has 5 heteroatoms. The third-order valence-electron chi connectivity index (χ3n) is 4.12. The molecule has 21 heavy (non-hydrogen) atoms. The highest BCUT2D eigenvalue weighted by Crippen LogP contribution is 2.32. The highest BCUT2D eigenvalue weighted by atomic mass is 16.5. The van der Waals surface area contributed by atoms with Crippen molar-refractivity contribution in [2.24, 2.45) is 5.92 Å². The standard InChI is InChI=1S/C16H22N2O3/c1-20-11-12-4-3-8-18(10-12)16(19)13-5-2-6-14-15(13)21-9-7-17-14/h2,5-6,12,17H,3-4,7-11H2,1H3. The molecule has 2 aliphatic rings. The Bertz CT molecular complexity index is 516. The first-order valence-electron chi connectivity index (χ1n) is 7.57. The summed E-state index contributed by atoms with van der Waals surface area (Å²) in [6.07, 6.45) is 2.16. The lowest BCUT2D eigenvalue weighted by Gasteiger charge is -2.33. The number of benzene rings is 1. The Hall–Kier alpha value is -1.75. The molecule has 0 aliphatic carbocycles. The minimum absolute atomic E-state index is 0.0661. The number of hydrogen-bond acceptors (Lipinski definition) is 4. The summed E-state index contributed by atoms with van der Waals surface area (Å²) < 4.78 is 10.9. The van der Waals surface area contributed by atoms with Crippen LogP contribution in [-0.4, -0.2) is 50.8 Å². The van der Waals surface area contributed by atoms with Crippen LogP contribution in [0.5, 0.6) is 5.75 Å². The van der Waals surface area contributed by atoms with Gasteiger partial charge in [-0.2, -0.15) is 0 Å². The highest BCUT2D eigenvalue weighted by Gasteiger charge is 2.27. The maximum Gasteiger partial charge on any atom is 0.257 e. The van der Waals surface area contributed by atoms with Crippen LogP contribution in [0.3, 0.4) is 0 Å². The second-order valence-corrected chi connectivity index (χ2v) is 5.67. The number of likely N-dealkylation sites (tertiary alicyclic amines) is 1. The Labute approximate surface area is 125 Å². The van der Waals surface area contributed by atoms with Gasteiger partial charge in [-0.25, -0.2) is 0 Å². The third kappa shape index (κ3) is 2.97. The van der Waals surface area contributed by atoms with Crippen molar-refractivity contribution in [2.75, 3.05) is 45.3 Å². The molecule has 1 amide bonds. The van der Waals surface area contributed by atoms with Gasteiger partial charge in [0.25, 0.3) is 5.91 Å². The number of carbonyl (C=O) groups is 1. The van der Waals surface area contributed by atoms with Crippen molar-refractivity contribution in [3.63, 3.8) is 0 Å². The van der Waals surface area contributed by atoms with E-state index in [1.165, 1.54) is 0 Å². The minimum Gasteiger partial charge on any atom is -0.489 e. The number of hydrogen-bond donors (Lipinski definition) is 1. The fourth-order valence-electron chi connectivity index (χ4n) is 3.13. The van der Waals surface area contributed by atoms with Crippen LogP contribution in [-0.2, 0) is 4.74 Å². The number of rotatable bonds is 3. The van der Waals surface area contributed by atoms with E-state index in [-0.39, 0.29) is 5.91 Å². The number of piperidine rings is 1. The Balaban J connectivity index is 1.79. The Morgan fingerprint density at radius 2 is 2.43 bits per heavy atom. The monoisotopic (exact) mass is 290 g/mol. The average Bonchev–Trinajstić information content (AvgIpc) is 2.54. The Morgan fingerprint density at radius 1 is 1.52 bits per heavy atom. The summed E-state index contributed by atoms with van der Waals surface area (Å²) in [4.78, 5) is 14.7. The fraction of sp³-hybridized carbons (Fsp3) is 0.562. The van der Waals surface area contributed by atoms with Crippen LogP contribution in [0.2, 0.25) is 0 Å². The molecular formula is C16H22N2O3. The molecule has 1 aromatic carbocycles. The maximum atomic E-state index is 12.8. The van der Waals surface area contributed by atoms with Crippen LogP contribution in [0.25, 0.3) is 0 Å². The first-order chi connectivity index (χ1) is 10.3. The molecule has 2 aliphatic heterocycles. The molecule has 3 rings (SSSR count). The zero-order chi connectivity index (χ0) is 14.7. The van der Waals surface area contributed by atoms with Gasteiger partial charge in [0.1, 0.15) is 6.61 Å². The molecule has 114 valence electrons. The van der Waals surface area contributed by atoms with Gasteiger partial charge in [0, 0.05) is 26.7 Å². The maximum absolute atomic E-state index is 12.8. The fourth-order valence-corrected chi connectivity index (χ4v) is 3.13. The van der Waals surface area contributed by atoms with Crippen molar-refractivity contribution >= 4 is 11.6 Å². The number of nitrogens with one attached hydrogen (secondary N) is 1. The van der Waals surface area contributed by atoms with Gasteiger partial charge in [-0.1, -0.05) is 6.07 Å². The van der Waals surface area contributed by atoms with Crippen molar-refractivity contribution < 1.29 is 14.3 Å². The SMILES string of the molecule is COCC1CCCN(C(=O)c2cccc3c2OCCN3)C1. The number of nitrogens with zero attached hydrogens (tertiary/aromatic N) is 1. The molecular weight excluding hydrogens is 268 g/mol. The average molecular weight is 290 g/mol. The topological polar surface area (TPSA) is 50.8 Å². The highest BCUT2D eigenvalue weighted by molar-refractivity contribution is 5.99. The van der Waals surface area contributed by atoms with Crippen LogP contribution >= 0.6 is 0 Å². The number of fused-ring (bicyclic) bond motifs is 1. The third-order valence-corrected chi connectivity index (χ3v) is 4.12. The van der Waals surface area contributed by atoms with Gasteiger partial charge in [-0.15, -0.1) is 0 Å². The normalized spacial score (nSPS) is 21.2. The second-order valence-electron chi connectivity index (χ2n) is 5.67. The van der Waals surface area contributed by atoms with Gasteiger partial charge in [0.05, 0.1) is 17.9 Å². The molecule has 0 aromatic heterocycles. The minimum atomic E-state index is 0.0661. The van der Waals surface area contributed by atoms with Crippen LogP contribution in [0.15, 0.2) is 18.2 Å². The number of carbonyl (C=O) groups excluding carboxylic acids is 1. The first-order valence-corrected chi connectivity index (χ1v) is 7.57. The van der Waals surface area contributed by atoms with E-state index < -0.39 is 0 Å². The van der Waals surface area contributed by atoms with Gasteiger partial charge < -0.3 is 19.7 Å². The summed E-state index contributed by atoms with van der Waals surface area (Å²) in [6.45, 7) is 3.68. The number of anilines is 1. The van der Waals surface area contributed by atoms with E-state index in [0.29, 0.717) is 30.4 Å². The quantitative estimate of drug-likeness (QED) is 0.925. The smallest absolute Gasteiger partial charge is 0.257 e. The Morgan fingerprint density at radius 3 is 3.29 bits per heavy atom. The number of methoxy groups -OCH3 is 1. The van der Waals surface area contributed by atoms with Crippen molar-refractivity contribution in [2.45, 2.75) is 12.8 Å². The molecule has 1 atom stereocenters. The van der Waals surface area contributed by atoms with Crippen LogP contribution < -0.4 is 10.1 Å². The predicted octanol–water partition coefficient (Wildman–Crippen LogP) is 1.99. The molecule has 0 saturated carbocycles. The molecule has 0 bridgehead atoms. The van der Waals surface area contributed by atoms with E-state index in [1.807, 2.05) is 23.1 Å². The summed E-state index contributed by atoms with van der Waals surface area (Å²) in [5.74, 6) is 1.20. The number of ether oxygens (including phenoxy) is 2. The molecule has 1 unspecified atom stereocenters.